The molecule has 0 unspecified atom stereocenters. The molecule has 2 aromatic rings. The zero-order valence-electron chi connectivity index (χ0n) is 14.5. The zero-order chi connectivity index (χ0) is 20.3. The van der Waals surface area contributed by atoms with E-state index in [0.29, 0.717) is 13.2 Å². The van der Waals surface area contributed by atoms with Crippen molar-refractivity contribution in [3.05, 3.63) is 50.9 Å². The first kappa shape index (κ1) is 20.7. The lowest BCUT2D eigenvalue weighted by molar-refractivity contribution is -0.117. The standard InChI is InChI=1S/C16H16Cl2N4O5S/c17-13-9-19-22(16(24)15(13)18)10-14(23)20-11-2-1-3-12(8-11)28(25,26)21-4-6-27-7-5-21/h1-3,8-9H,4-7,10H2,(H,20,23). The largest absolute Gasteiger partial charge is 0.379 e. The molecule has 9 nitrogen and oxygen atoms in total. The molecular formula is C16H16Cl2N4O5S. The lowest BCUT2D eigenvalue weighted by Gasteiger charge is -2.26. The van der Waals surface area contributed by atoms with Crippen LogP contribution in [0.2, 0.25) is 10.0 Å². The smallest absolute Gasteiger partial charge is 0.287 e. The molecule has 150 valence electrons. The molecule has 2 heterocycles. The summed E-state index contributed by atoms with van der Waals surface area (Å²) in [5, 5.41) is 6.05. The minimum Gasteiger partial charge on any atom is -0.379 e. The van der Waals surface area contributed by atoms with E-state index in [-0.39, 0.29) is 33.7 Å². The zero-order valence-corrected chi connectivity index (χ0v) is 16.8. The van der Waals surface area contributed by atoms with Crippen LogP contribution in [-0.4, -0.2) is 54.7 Å². The predicted molar refractivity (Wildman–Crippen MR) is 103 cm³/mol. The number of nitrogens with zero attached hydrogens (tertiary/aromatic N) is 3. The summed E-state index contributed by atoms with van der Waals surface area (Å²) in [6.45, 7) is 0.800. The minimum atomic E-state index is -3.69. The lowest BCUT2D eigenvalue weighted by Crippen LogP contribution is -2.40. The Morgan fingerprint density at radius 1 is 1.25 bits per heavy atom. The van der Waals surface area contributed by atoms with Crippen molar-refractivity contribution in [1.82, 2.24) is 14.1 Å². The van der Waals surface area contributed by atoms with Crippen LogP contribution >= 0.6 is 23.2 Å². The molecule has 0 radical (unpaired) electrons. The topological polar surface area (TPSA) is 111 Å². The van der Waals surface area contributed by atoms with Crippen LogP contribution in [0.1, 0.15) is 0 Å². The van der Waals surface area contributed by atoms with Crippen LogP contribution in [-0.2, 0) is 26.1 Å². The van der Waals surface area contributed by atoms with Crippen molar-refractivity contribution in [2.75, 3.05) is 31.6 Å². The number of benzene rings is 1. The lowest BCUT2D eigenvalue weighted by atomic mass is 10.3. The van der Waals surface area contributed by atoms with E-state index >= 15 is 0 Å². The molecule has 0 spiro atoms. The number of anilines is 1. The average Bonchev–Trinajstić information content (AvgIpc) is 2.69. The maximum atomic E-state index is 12.7. The maximum absolute atomic E-state index is 12.7. The Labute approximate surface area is 170 Å². The van der Waals surface area contributed by atoms with E-state index < -0.39 is 28.0 Å². The van der Waals surface area contributed by atoms with Crippen LogP contribution in [0.4, 0.5) is 5.69 Å². The molecule has 1 N–H and O–H groups in total. The van der Waals surface area contributed by atoms with Crippen LogP contribution in [0.15, 0.2) is 40.2 Å². The highest BCUT2D eigenvalue weighted by molar-refractivity contribution is 7.89. The number of rotatable bonds is 5. The number of nitrogens with one attached hydrogen (secondary N) is 1. The van der Waals surface area contributed by atoms with Gasteiger partial charge >= 0.3 is 0 Å². The summed E-state index contributed by atoms with van der Waals surface area (Å²) in [7, 11) is -3.69. The predicted octanol–water partition coefficient (Wildman–Crippen LogP) is 1.21. The highest BCUT2D eigenvalue weighted by atomic mass is 35.5. The van der Waals surface area contributed by atoms with Gasteiger partial charge in [0.25, 0.3) is 5.56 Å². The fourth-order valence-electron chi connectivity index (χ4n) is 2.56. The first-order valence-electron chi connectivity index (χ1n) is 8.18. The molecule has 0 bridgehead atoms. The Morgan fingerprint density at radius 2 is 1.96 bits per heavy atom. The molecule has 0 saturated carbocycles. The van der Waals surface area contributed by atoms with E-state index in [1.807, 2.05) is 0 Å². The van der Waals surface area contributed by atoms with Gasteiger partial charge in [0.1, 0.15) is 11.6 Å². The molecule has 1 aromatic carbocycles. The minimum absolute atomic E-state index is 0.00987. The number of morpholine rings is 1. The summed E-state index contributed by atoms with van der Waals surface area (Å²) in [5.74, 6) is -0.575. The number of amides is 1. The Bertz CT molecular complexity index is 1050. The van der Waals surface area contributed by atoms with Gasteiger partial charge in [0, 0.05) is 18.8 Å². The fraction of sp³-hybridized carbons (Fsp3) is 0.312. The number of carbonyl (C=O) groups is 1. The Kier molecular flexibility index (Phi) is 6.36. The van der Waals surface area contributed by atoms with Crippen molar-refractivity contribution in [1.29, 1.82) is 0 Å². The average molecular weight is 447 g/mol. The molecule has 0 atom stereocenters. The molecule has 0 aliphatic carbocycles. The number of hydrogen-bond acceptors (Lipinski definition) is 6. The van der Waals surface area contributed by atoms with Crippen molar-refractivity contribution in [2.24, 2.45) is 0 Å². The van der Waals surface area contributed by atoms with Gasteiger partial charge in [-0.05, 0) is 18.2 Å². The van der Waals surface area contributed by atoms with Gasteiger partial charge in [-0.1, -0.05) is 29.3 Å². The highest BCUT2D eigenvalue weighted by Gasteiger charge is 2.26. The molecule has 3 rings (SSSR count). The SMILES string of the molecule is O=C(Cn1ncc(Cl)c(Cl)c1=O)Nc1cccc(S(=O)(=O)N2CCOCC2)c1. The van der Waals surface area contributed by atoms with Crippen LogP contribution in [0, 0.1) is 0 Å². The van der Waals surface area contributed by atoms with Gasteiger partial charge in [0.2, 0.25) is 15.9 Å². The third-order valence-corrected chi connectivity index (χ3v) is 6.60. The number of sulfonamides is 1. The summed E-state index contributed by atoms with van der Waals surface area (Å²) in [4.78, 5) is 24.2. The number of carbonyl (C=O) groups excluding carboxylic acids is 1. The van der Waals surface area contributed by atoms with Crippen LogP contribution in [0.3, 0.4) is 0 Å². The van der Waals surface area contributed by atoms with Gasteiger partial charge in [-0.3, -0.25) is 9.59 Å². The number of hydrogen-bond donors (Lipinski definition) is 1. The van der Waals surface area contributed by atoms with E-state index in [1.54, 1.807) is 6.07 Å². The number of aromatic nitrogens is 2. The van der Waals surface area contributed by atoms with E-state index in [0.717, 1.165) is 10.9 Å². The molecule has 1 aliphatic heterocycles. The third kappa shape index (κ3) is 4.53. The van der Waals surface area contributed by atoms with Gasteiger partial charge in [0.05, 0.1) is 29.3 Å². The van der Waals surface area contributed by atoms with Crippen LogP contribution < -0.4 is 10.9 Å². The van der Waals surface area contributed by atoms with Crippen molar-refractivity contribution in [3.63, 3.8) is 0 Å². The van der Waals surface area contributed by atoms with Crippen molar-refractivity contribution < 1.29 is 17.9 Å². The summed E-state index contributed by atoms with van der Waals surface area (Å²) in [6.07, 6.45) is 1.16. The molecule has 1 saturated heterocycles. The first-order valence-corrected chi connectivity index (χ1v) is 10.4. The Morgan fingerprint density at radius 3 is 2.68 bits per heavy atom. The Balaban J connectivity index is 1.75. The summed E-state index contributed by atoms with van der Waals surface area (Å²) < 4.78 is 32.8. The Hall–Kier alpha value is -1.98. The van der Waals surface area contributed by atoms with Crippen molar-refractivity contribution >= 4 is 44.8 Å². The van der Waals surface area contributed by atoms with Gasteiger partial charge in [0.15, 0.2) is 0 Å². The maximum Gasteiger partial charge on any atom is 0.287 e. The molecule has 1 aromatic heterocycles. The van der Waals surface area contributed by atoms with E-state index in [2.05, 4.69) is 10.4 Å². The van der Waals surface area contributed by atoms with Gasteiger partial charge < -0.3 is 10.1 Å². The van der Waals surface area contributed by atoms with E-state index in [9.17, 15) is 18.0 Å². The second-order valence-corrected chi connectivity index (χ2v) is 8.58. The number of halogens is 2. The van der Waals surface area contributed by atoms with Crippen LogP contribution in [0.5, 0.6) is 0 Å². The molecule has 1 aliphatic rings. The molecule has 1 amide bonds. The second kappa shape index (κ2) is 8.58. The molecule has 12 heteroatoms. The summed E-state index contributed by atoms with van der Waals surface area (Å²) in [6, 6.07) is 5.87. The van der Waals surface area contributed by atoms with E-state index in [1.165, 1.54) is 22.5 Å². The van der Waals surface area contributed by atoms with Crippen LogP contribution in [0.25, 0.3) is 0 Å². The molecule has 28 heavy (non-hydrogen) atoms. The second-order valence-electron chi connectivity index (χ2n) is 5.86. The fourth-order valence-corrected chi connectivity index (χ4v) is 4.29. The van der Waals surface area contributed by atoms with Crippen molar-refractivity contribution in [3.8, 4) is 0 Å². The monoisotopic (exact) mass is 446 g/mol. The quantitative estimate of drug-likeness (QED) is 0.738. The van der Waals surface area contributed by atoms with Gasteiger partial charge in [-0.15, -0.1) is 0 Å². The van der Waals surface area contributed by atoms with Crippen molar-refractivity contribution in [2.45, 2.75) is 11.4 Å². The van der Waals surface area contributed by atoms with E-state index in [4.69, 9.17) is 27.9 Å². The van der Waals surface area contributed by atoms with Gasteiger partial charge in [-0.25, -0.2) is 13.1 Å². The first-order chi connectivity index (χ1) is 13.3. The summed E-state index contributed by atoms with van der Waals surface area (Å²) in [5.41, 5.74) is -0.430. The number of ether oxygens (including phenoxy) is 1. The third-order valence-electron chi connectivity index (χ3n) is 3.96. The summed E-state index contributed by atoms with van der Waals surface area (Å²) >= 11 is 11.5. The molecular weight excluding hydrogens is 431 g/mol. The normalized spacial score (nSPS) is 15.4. The molecule has 1 fully saturated rings. The van der Waals surface area contributed by atoms with Gasteiger partial charge in [-0.2, -0.15) is 9.40 Å². The highest BCUT2D eigenvalue weighted by Crippen LogP contribution is 2.20.